The summed E-state index contributed by atoms with van der Waals surface area (Å²) in [7, 11) is 0. The summed E-state index contributed by atoms with van der Waals surface area (Å²) in [5, 5.41) is 2.84. The quantitative estimate of drug-likeness (QED) is 0.467. The molecule has 0 spiro atoms. The molecule has 5 aliphatic rings. The second kappa shape index (κ2) is 9.71. The number of rotatable bonds is 8. The van der Waals surface area contributed by atoms with Crippen LogP contribution in [0.25, 0.3) is 0 Å². The van der Waals surface area contributed by atoms with Crippen molar-refractivity contribution in [3.05, 3.63) is 35.4 Å². The molecule has 2 amide bonds. The van der Waals surface area contributed by atoms with Gasteiger partial charge in [-0.25, -0.2) is 4.79 Å². The second-order valence-corrected chi connectivity index (χ2v) is 11.4. The fourth-order valence-corrected chi connectivity index (χ4v) is 7.47. The minimum absolute atomic E-state index is 0.0453. The van der Waals surface area contributed by atoms with Crippen LogP contribution in [0.5, 0.6) is 0 Å². The Bertz CT molecular complexity index is 890. The zero-order valence-corrected chi connectivity index (χ0v) is 20.4. The lowest BCUT2D eigenvalue weighted by Crippen LogP contribution is -2.56. The van der Waals surface area contributed by atoms with Gasteiger partial charge in [-0.15, -0.1) is 0 Å². The molecule has 6 rings (SSSR count). The van der Waals surface area contributed by atoms with Crippen LogP contribution in [0.2, 0.25) is 0 Å². The number of likely N-dealkylation sites (tertiary alicyclic amines) is 1. The van der Waals surface area contributed by atoms with Crippen LogP contribution in [0, 0.1) is 30.1 Å². The van der Waals surface area contributed by atoms with Crippen molar-refractivity contribution in [2.75, 3.05) is 19.7 Å². The van der Waals surface area contributed by atoms with Gasteiger partial charge < -0.3 is 15.0 Å². The van der Waals surface area contributed by atoms with E-state index in [1.165, 1.54) is 24.8 Å². The molecule has 1 aliphatic heterocycles. The van der Waals surface area contributed by atoms with E-state index < -0.39 is 6.04 Å². The number of esters is 1. The summed E-state index contributed by atoms with van der Waals surface area (Å²) in [6.07, 6.45) is 9.59. The molecule has 6 nitrogen and oxygen atoms in total. The summed E-state index contributed by atoms with van der Waals surface area (Å²) < 4.78 is 5.50. The summed E-state index contributed by atoms with van der Waals surface area (Å²) in [4.78, 5) is 40.5. The molecule has 34 heavy (non-hydrogen) atoms. The Labute approximate surface area is 202 Å². The molecule has 0 aromatic heterocycles. The standard InChI is InChI=1S/C28H38N2O4/c1-19-4-6-20(7-5-19)8-9-25(31)29-10-12-34-26(32)24-3-2-11-30(24)27(33)28-16-21-13-22(17-28)15-23(14-21)18-28/h4-7,21-24H,2-3,8-18H2,1H3,(H,29,31). The van der Waals surface area contributed by atoms with Crippen LogP contribution in [-0.2, 0) is 25.5 Å². The molecule has 1 aromatic rings. The van der Waals surface area contributed by atoms with Gasteiger partial charge in [0.25, 0.3) is 0 Å². The number of hydrogen-bond donors (Lipinski definition) is 1. The van der Waals surface area contributed by atoms with Crippen molar-refractivity contribution in [3.8, 4) is 0 Å². The molecule has 1 atom stereocenters. The van der Waals surface area contributed by atoms with Crippen LogP contribution in [0.4, 0.5) is 0 Å². The first-order valence-corrected chi connectivity index (χ1v) is 13.2. The molecule has 184 valence electrons. The fourth-order valence-electron chi connectivity index (χ4n) is 7.47. The molecule has 4 bridgehead atoms. The first-order valence-electron chi connectivity index (χ1n) is 13.2. The van der Waals surface area contributed by atoms with Crippen molar-refractivity contribution in [1.82, 2.24) is 10.2 Å². The Kier molecular flexibility index (Phi) is 6.67. The number of nitrogens with zero attached hydrogens (tertiary/aromatic N) is 1. The summed E-state index contributed by atoms with van der Waals surface area (Å²) >= 11 is 0. The van der Waals surface area contributed by atoms with E-state index in [-0.39, 0.29) is 29.8 Å². The van der Waals surface area contributed by atoms with Crippen LogP contribution in [0.15, 0.2) is 24.3 Å². The highest BCUT2D eigenvalue weighted by Gasteiger charge is 2.56. The number of benzene rings is 1. The monoisotopic (exact) mass is 466 g/mol. The van der Waals surface area contributed by atoms with Crippen LogP contribution in [-0.4, -0.2) is 48.4 Å². The topological polar surface area (TPSA) is 75.7 Å². The average Bonchev–Trinajstić information content (AvgIpc) is 3.30. The van der Waals surface area contributed by atoms with Gasteiger partial charge in [0, 0.05) is 13.0 Å². The van der Waals surface area contributed by atoms with Crippen molar-refractivity contribution >= 4 is 17.8 Å². The van der Waals surface area contributed by atoms with Gasteiger partial charge in [0.2, 0.25) is 11.8 Å². The maximum Gasteiger partial charge on any atom is 0.328 e. The summed E-state index contributed by atoms with van der Waals surface area (Å²) in [6, 6.07) is 7.72. The molecule has 1 unspecified atom stereocenters. The van der Waals surface area contributed by atoms with E-state index in [1.807, 2.05) is 36.1 Å². The predicted octanol–water partition coefficient (Wildman–Crippen LogP) is 3.79. The van der Waals surface area contributed by atoms with E-state index in [9.17, 15) is 14.4 Å². The van der Waals surface area contributed by atoms with Crippen LogP contribution < -0.4 is 5.32 Å². The van der Waals surface area contributed by atoms with Gasteiger partial charge in [0.05, 0.1) is 12.0 Å². The van der Waals surface area contributed by atoms with E-state index >= 15 is 0 Å². The third-order valence-electron chi connectivity index (χ3n) is 8.71. The highest BCUT2D eigenvalue weighted by Crippen LogP contribution is 2.60. The Morgan fingerprint density at radius 1 is 1.03 bits per heavy atom. The van der Waals surface area contributed by atoms with Gasteiger partial charge in [-0.05, 0) is 88.0 Å². The molecule has 1 heterocycles. The number of hydrogen-bond acceptors (Lipinski definition) is 4. The molecule has 0 radical (unpaired) electrons. The highest BCUT2D eigenvalue weighted by molar-refractivity contribution is 5.89. The van der Waals surface area contributed by atoms with Crippen LogP contribution in [0.1, 0.15) is 68.9 Å². The fraction of sp³-hybridized carbons (Fsp3) is 0.679. The molecule has 1 N–H and O–H groups in total. The Morgan fingerprint density at radius 3 is 2.32 bits per heavy atom. The minimum atomic E-state index is -0.460. The summed E-state index contributed by atoms with van der Waals surface area (Å²) in [6.45, 7) is 3.15. The molecule has 1 aromatic carbocycles. The summed E-state index contributed by atoms with van der Waals surface area (Å²) in [5.74, 6) is 1.98. The van der Waals surface area contributed by atoms with Gasteiger partial charge in [-0.1, -0.05) is 29.8 Å². The predicted molar refractivity (Wildman–Crippen MR) is 129 cm³/mol. The smallest absolute Gasteiger partial charge is 0.328 e. The van der Waals surface area contributed by atoms with E-state index in [4.69, 9.17) is 4.74 Å². The number of nitrogens with one attached hydrogen (secondary N) is 1. The van der Waals surface area contributed by atoms with Gasteiger partial charge in [-0.3, -0.25) is 9.59 Å². The van der Waals surface area contributed by atoms with Crippen molar-refractivity contribution in [3.63, 3.8) is 0 Å². The van der Waals surface area contributed by atoms with E-state index in [2.05, 4.69) is 5.32 Å². The molecule has 5 fully saturated rings. The van der Waals surface area contributed by atoms with Crippen molar-refractivity contribution in [2.45, 2.75) is 77.2 Å². The summed E-state index contributed by atoms with van der Waals surface area (Å²) in [5.41, 5.74) is 2.12. The molecular formula is C28H38N2O4. The zero-order valence-electron chi connectivity index (χ0n) is 20.4. The third-order valence-corrected chi connectivity index (χ3v) is 8.71. The van der Waals surface area contributed by atoms with Gasteiger partial charge in [0.15, 0.2) is 0 Å². The zero-order chi connectivity index (χ0) is 23.7. The number of ether oxygens (including phenoxy) is 1. The maximum absolute atomic E-state index is 13.7. The molecule has 4 saturated carbocycles. The Balaban J connectivity index is 1.07. The van der Waals surface area contributed by atoms with E-state index in [1.54, 1.807) is 0 Å². The Morgan fingerprint density at radius 2 is 1.68 bits per heavy atom. The average molecular weight is 467 g/mol. The third kappa shape index (κ3) is 4.87. The van der Waals surface area contributed by atoms with Crippen molar-refractivity contribution in [2.24, 2.45) is 23.2 Å². The molecular weight excluding hydrogens is 428 g/mol. The lowest BCUT2D eigenvalue weighted by Gasteiger charge is -2.56. The van der Waals surface area contributed by atoms with E-state index in [0.717, 1.165) is 31.2 Å². The van der Waals surface area contributed by atoms with Gasteiger partial charge in [-0.2, -0.15) is 0 Å². The lowest BCUT2D eigenvalue weighted by molar-refractivity contribution is -0.165. The first-order chi connectivity index (χ1) is 16.4. The number of carbonyl (C=O) groups excluding carboxylic acids is 3. The molecule has 4 aliphatic carbocycles. The number of carbonyl (C=O) groups is 3. The van der Waals surface area contributed by atoms with Crippen molar-refractivity contribution in [1.29, 1.82) is 0 Å². The Hall–Kier alpha value is -2.37. The highest BCUT2D eigenvalue weighted by atomic mass is 16.5. The maximum atomic E-state index is 13.7. The van der Waals surface area contributed by atoms with Crippen LogP contribution >= 0.6 is 0 Å². The molecule has 1 saturated heterocycles. The van der Waals surface area contributed by atoms with Gasteiger partial charge in [0.1, 0.15) is 12.6 Å². The van der Waals surface area contributed by atoms with Crippen LogP contribution in [0.3, 0.4) is 0 Å². The first kappa shape index (κ1) is 23.4. The normalized spacial score (nSPS) is 31.5. The van der Waals surface area contributed by atoms with Gasteiger partial charge >= 0.3 is 5.97 Å². The largest absolute Gasteiger partial charge is 0.462 e. The SMILES string of the molecule is Cc1ccc(CCC(=O)NCCOC(=O)C2CCCN2C(=O)C23CC4CC(CC(C4)C2)C3)cc1. The lowest BCUT2D eigenvalue weighted by atomic mass is 9.49. The second-order valence-electron chi connectivity index (χ2n) is 11.4. The molecule has 6 heteroatoms. The van der Waals surface area contributed by atoms with E-state index in [0.29, 0.717) is 50.1 Å². The van der Waals surface area contributed by atoms with Crippen molar-refractivity contribution < 1.29 is 19.1 Å². The number of aryl methyl sites for hydroxylation is 2. The number of amides is 2. The minimum Gasteiger partial charge on any atom is -0.462 e.